The molecule has 2 rings (SSSR count). The number of nitrogens with one attached hydrogen (secondary N) is 2. The molecule has 0 spiro atoms. The maximum absolute atomic E-state index is 11.8. The number of hydrogen-bond acceptors (Lipinski definition) is 5. The van der Waals surface area contributed by atoms with Crippen molar-refractivity contribution >= 4 is 11.8 Å². The Bertz CT molecular complexity index is 882. The van der Waals surface area contributed by atoms with Gasteiger partial charge in [0.1, 0.15) is 11.4 Å². The van der Waals surface area contributed by atoms with E-state index in [9.17, 15) is 9.90 Å². The number of phenolic OH excluding ortho intramolecular Hbond substituents is 1. The molecule has 29 heavy (non-hydrogen) atoms. The fourth-order valence-corrected chi connectivity index (χ4v) is 2.79. The number of aromatic hydroxyl groups is 1. The van der Waals surface area contributed by atoms with Gasteiger partial charge in [-0.2, -0.15) is 5.26 Å². The molecule has 0 fully saturated rings. The van der Waals surface area contributed by atoms with E-state index in [1.54, 1.807) is 12.1 Å². The third-order valence-corrected chi connectivity index (χ3v) is 4.23. The fourth-order valence-electron chi connectivity index (χ4n) is 2.79. The number of carbonyl (C=O) groups is 1. The number of nitriles is 1. The summed E-state index contributed by atoms with van der Waals surface area (Å²) in [5.41, 5.74) is 2.68. The minimum atomic E-state index is -0.519. The molecule has 1 atom stereocenters. The van der Waals surface area contributed by atoms with Crippen LogP contribution in [-0.4, -0.2) is 22.8 Å². The van der Waals surface area contributed by atoms with Gasteiger partial charge in [0.05, 0.1) is 17.3 Å². The van der Waals surface area contributed by atoms with Gasteiger partial charge in [-0.25, -0.2) is 4.79 Å². The summed E-state index contributed by atoms with van der Waals surface area (Å²) in [4.78, 5) is 11.8. The number of nitrogens with zero attached hydrogens (tertiary/aromatic N) is 1. The molecule has 0 radical (unpaired) electrons. The van der Waals surface area contributed by atoms with Gasteiger partial charge in [0, 0.05) is 12.6 Å². The van der Waals surface area contributed by atoms with E-state index >= 15 is 0 Å². The van der Waals surface area contributed by atoms with Crippen LogP contribution in [0.15, 0.2) is 42.5 Å². The number of aryl methyl sites for hydroxylation is 1. The molecular formula is C23H29N3O3. The number of alkyl carbamates (subject to hydrolysis) is 1. The second kappa shape index (κ2) is 9.83. The predicted molar refractivity (Wildman–Crippen MR) is 114 cm³/mol. The van der Waals surface area contributed by atoms with Crippen LogP contribution in [0.1, 0.15) is 50.8 Å². The zero-order chi connectivity index (χ0) is 21.4. The molecule has 0 aromatic heterocycles. The molecule has 2 aromatic rings. The van der Waals surface area contributed by atoms with Gasteiger partial charge < -0.3 is 20.5 Å². The van der Waals surface area contributed by atoms with E-state index in [1.165, 1.54) is 0 Å². The van der Waals surface area contributed by atoms with Crippen molar-refractivity contribution in [1.29, 1.82) is 5.26 Å². The lowest BCUT2D eigenvalue weighted by molar-refractivity contribution is 0.0506. The first-order chi connectivity index (χ1) is 13.7. The smallest absolute Gasteiger partial charge is 0.407 e. The van der Waals surface area contributed by atoms with Gasteiger partial charge in [-0.1, -0.05) is 18.2 Å². The van der Waals surface area contributed by atoms with E-state index in [-0.39, 0.29) is 11.8 Å². The third-order valence-electron chi connectivity index (χ3n) is 4.23. The van der Waals surface area contributed by atoms with Crippen LogP contribution >= 0.6 is 0 Å². The van der Waals surface area contributed by atoms with E-state index in [0.29, 0.717) is 17.8 Å². The Morgan fingerprint density at radius 1 is 1.21 bits per heavy atom. The van der Waals surface area contributed by atoms with Crippen molar-refractivity contribution in [3.8, 4) is 11.8 Å². The normalized spacial score (nSPS) is 12.0. The van der Waals surface area contributed by atoms with Crippen molar-refractivity contribution in [3.63, 3.8) is 0 Å². The van der Waals surface area contributed by atoms with Crippen molar-refractivity contribution in [2.45, 2.75) is 58.7 Å². The molecule has 0 aliphatic heterocycles. The van der Waals surface area contributed by atoms with E-state index in [0.717, 1.165) is 24.0 Å². The Kier molecular flexibility index (Phi) is 7.49. The number of anilines is 1. The lowest BCUT2D eigenvalue weighted by Crippen LogP contribution is -2.37. The summed E-state index contributed by atoms with van der Waals surface area (Å²) in [7, 11) is 0. The number of phenols is 1. The summed E-state index contributed by atoms with van der Waals surface area (Å²) < 4.78 is 5.26. The third kappa shape index (κ3) is 7.74. The highest BCUT2D eigenvalue weighted by molar-refractivity contribution is 5.68. The van der Waals surface area contributed by atoms with Crippen LogP contribution in [0.25, 0.3) is 0 Å². The standard InChI is InChI=1S/C23H29N3O3/c1-16(26-22(28)29-23(2,3)4)8-9-17-10-11-20(21(27)13-17)25-15-19-7-5-6-18(12-19)14-24/h5-7,10-13,16,25,27H,8-9,15H2,1-4H3,(H,26,28). The van der Waals surface area contributed by atoms with Crippen LogP contribution in [0.2, 0.25) is 0 Å². The first-order valence-electron chi connectivity index (χ1n) is 9.70. The minimum Gasteiger partial charge on any atom is -0.506 e. The van der Waals surface area contributed by atoms with Gasteiger partial charge in [-0.05, 0) is 75.9 Å². The van der Waals surface area contributed by atoms with E-state index in [2.05, 4.69) is 16.7 Å². The number of benzene rings is 2. The van der Waals surface area contributed by atoms with Crippen molar-refractivity contribution in [3.05, 3.63) is 59.2 Å². The number of hydrogen-bond donors (Lipinski definition) is 3. The molecule has 1 unspecified atom stereocenters. The molecule has 1 amide bonds. The van der Waals surface area contributed by atoms with Gasteiger partial charge >= 0.3 is 6.09 Å². The molecule has 154 valence electrons. The monoisotopic (exact) mass is 395 g/mol. The number of amides is 1. The van der Waals surface area contributed by atoms with Gasteiger partial charge in [-0.15, -0.1) is 0 Å². The van der Waals surface area contributed by atoms with Crippen molar-refractivity contribution < 1.29 is 14.6 Å². The number of ether oxygens (including phenoxy) is 1. The van der Waals surface area contributed by atoms with Crippen LogP contribution in [0, 0.1) is 11.3 Å². The zero-order valence-corrected chi connectivity index (χ0v) is 17.5. The first-order valence-corrected chi connectivity index (χ1v) is 9.70. The highest BCUT2D eigenvalue weighted by atomic mass is 16.6. The van der Waals surface area contributed by atoms with Crippen molar-refractivity contribution in [1.82, 2.24) is 5.32 Å². The van der Waals surface area contributed by atoms with Crippen LogP contribution in [0.3, 0.4) is 0 Å². The lowest BCUT2D eigenvalue weighted by atomic mass is 10.1. The average molecular weight is 396 g/mol. The molecule has 2 aromatic carbocycles. The van der Waals surface area contributed by atoms with Crippen molar-refractivity contribution in [2.75, 3.05) is 5.32 Å². The van der Waals surface area contributed by atoms with Crippen LogP contribution in [0.5, 0.6) is 5.75 Å². The Morgan fingerprint density at radius 2 is 1.97 bits per heavy atom. The molecule has 0 saturated carbocycles. The average Bonchev–Trinajstić information content (AvgIpc) is 2.64. The Balaban J connectivity index is 1.85. The summed E-state index contributed by atoms with van der Waals surface area (Å²) in [5.74, 6) is 0.173. The predicted octanol–water partition coefficient (Wildman–Crippen LogP) is 4.72. The maximum atomic E-state index is 11.8. The van der Waals surface area contributed by atoms with E-state index < -0.39 is 11.7 Å². The summed E-state index contributed by atoms with van der Waals surface area (Å²) in [6, 6.07) is 14.9. The zero-order valence-electron chi connectivity index (χ0n) is 17.5. The summed E-state index contributed by atoms with van der Waals surface area (Å²) in [5, 5.41) is 25.3. The second-order valence-corrected chi connectivity index (χ2v) is 8.10. The van der Waals surface area contributed by atoms with Crippen molar-refractivity contribution in [2.24, 2.45) is 0 Å². The lowest BCUT2D eigenvalue weighted by Gasteiger charge is -2.22. The highest BCUT2D eigenvalue weighted by Gasteiger charge is 2.17. The van der Waals surface area contributed by atoms with Crippen LogP contribution < -0.4 is 10.6 Å². The molecule has 0 aliphatic rings. The molecule has 3 N–H and O–H groups in total. The number of carbonyl (C=O) groups excluding carboxylic acids is 1. The summed E-state index contributed by atoms with van der Waals surface area (Å²) in [6.07, 6.45) is 1.02. The Labute approximate surface area is 172 Å². The summed E-state index contributed by atoms with van der Waals surface area (Å²) >= 11 is 0. The Morgan fingerprint density at radius 3 is 2.62 bits per heavy atom. The molecule has 0 bridgehead atoms. The van der Waals surface area contributed by atoms with E-state index in [4.69, 9.17) is 10.00 Å². The molecule has 0 heterocycles. The van der Waals surface area contributed by atoms with Gasteiger partial charge in [0.25, 0.3) is 0 Å². The molecule has 0 aliphatic carbocycles. The Hall–Kier alpha value is -3.20. The van der Waals surface area contributed by atoms with Gasteiger partial charge in [-0.3, -0.25) is 0 Å². The molecule has 6 heteroatoms. The molecule has 0 saturated heterocycles. The topological polar surface area (TPSA) is 94.4 Å². The van der Waals surface area contributed by atoms with Crippen LogP contribution in [-0.2, 0) is 17.7 Å². The quantitative estimate of drug-likeness (QED) is 0.590. The summed E-state index contributed by atoms with van der Waals surface area (Å²) in [6.45, 7) is 7.93. The van der Waals surface area contributed by atoms with E-state index in [1.807, 2.05) is 58.0 Å². The number of rotatable bonds is 7. The minimum absolute atomic E-state index is 0.0443. The fraction of sp³-hybridized carbons (Fsp3) is 0.391. The highest BCUT2D eigenvalue weighted by Crippen LogP contribution is 2.25. The second-order valence-electron chi connectivity index (χ2n) is 8.10. The first kappa shape index (κ1) is 22.1. The maximum Gasteiger partial charge on any atom is 0.407 e. The molecular weight excluding hydrogens is 366 g/mol. The van der Waals surface area contributed by atoms with Crippen LogP contribution in [0.4, 0.5) is 10.5 Å². The molecule has 6 nitrogen and oxygen atoms in total. The van der Waals surface area contributed by atoms with Gasteiger partial charge in [0.2, 0.25) is 0 Å². The SMILES string of the molecule is CC(CCc1ccc(NCc2cccc(C#N)c2)c(O)c1)NC(=O)OC(C)(C)C. The van der Waals surface area contributed by atoms with Gasteiger partial charge in [0.15, 0.2) is 0 Å². The largest absolute Gasteiger partial charge is 0.506 e.